The molecule has 2 aromatic rings. The van der Waals surface area contributed by atoms with E-state index in [0.717, 1.165) is 21.9 Å². The van der Waals surface area contributed by atoms with Crippen molar-refractivity contribution < 1.29 is 14.6 Å². The van der Waals surface area contributed by atoms with E-state index in [1.807, 2.05) is 24.3 Å². The molecule has 8 nitrogen and oxygen atoms in total. The van der Waals surface area contributed by atoms with Crippen molar-refractivity contribution in [2.45, 2.75) is 6.92 Å². The molecular weight excluding hydrogens is 322 g/mol. The third-order valence-electron chi connectivity index (χ3n) is 3.95. The number of nitrogens with one attached hydrogen (secondary N) is 1. The van der Waals surface area contributed by atoms with E-state index < -0.39 is 6.09 Å². The number of carboxylic acid groups (broad SMARTS) is 1. The Morgan fingerprint density at radius 2 is 2.12 bits per heavy atom. The minimum Gasteiger partial charge on any atom is -0.497 e. The lowest BCUT2D eigenvalue weighted by atomic mass is 10.1. The second kappa shape index (κ2) is 6.68. The lowest BCUT2D eigenvalue weighted by molar-refractivity contribution is 0.202. The Balaban J connectivity index is 1.97. The second-order valence-electron chi connectivity index (χ2n) is 5.43. The molecule has 0 aliphatic carbocycles. The predicted octanol–water partition coefficient (Wildman–Crippen LogP) is 2.72. The number of ether oxygens (including phenoxy) is 1. The van der Waals surface area contributed by atoms with Crippen LogP contribution in [0.25, 0.3) is 0 Å². The number of nitrogens with zero attached hydrogens (tertiary/aromatic N) is 3. The molecule has 0 atom stereocenters. The Kier molecular flexibility index (Phi) is 4.42. The predicted molar refractivity (Wildman–Crippen MR) is 97.4 cm³/mol. The molecule has 8 heteroatoms. The summed E-state index contributed by atoms with van der Waals surface area (Å²) in [5.74, 6) is 1.24. The number of rotatable bonds is 4. The third kappa shape index (κ3) is 3.18. The summed E-state index contributed by atoms with van der Waals surface area (Å²) in [7, 11) is 1.62. The summed E-state index contributed by atoms with van der Waals surface area (Å²) in [6, 6.07) is 9.23. The van der Waals surface area contributed by atoms with E-state index in [-0.39, 0.29) is 18.2 Å². The van der Waals surface area contributed by atoms with Crippen LogP contribution in [0.4, 0.5) is 27.8 Å². The second-order valence-corrected chi connectivity index (χ2v) is 5.43. The molecule has 1 aliphatic heterocycles. The molecule has 3 rings (SSSR count). The van der Waals surface area contributed by atoms with Gasteiger partial charge in [-0.05, 0) is 36.8 Å². The Labute approximate surface area is 145 Å². The highest BCUT2D eigenvalue weighted by molar-refractivity contribution is 6.08. The van der Waals surface area contributed by atoms with Gasteiger partial charge in [0.1, 0.15) is 17.3 Å². The van der Waals surface area contributed by atoms with Crippen LogP contribution in [0.5, 0.6) is 5.75 Å². The Hall–Kier alpha value is -3.29. The maximum Gasteiger partial charge on any atom is 0.413 e. The van der Waals surface area contributed by atoms with Gasteiger partial charge in [-0.2, -0.15) is 0 Å². The number of pyridine rings is 1. The number of methoxy groups -OCH3 is 1. The van der Waals surface area contributed by atoms with Crippen molar-refractivity contribution in [1.29, 1.82) is 0 Å². The van der Waals surface area contributed by atoms with Gasteiger partial charge in [0, 0.05) is 12.6 Å². The Morgan fingerprint density at radius 3 is 2.72 bits per heavy atom. The summed E-state index contributed by atoms with van der Waals surface area (Å²) in [4.78, 5) is 21.2. The molecule has 1 aliphatic rings. The third-order valence-corrected chi connectivity index (χ3v) is 3.95. The largest absolute Gasteiger partial charge is 0.497 e. The first-order valence-electron chi connectivity index (χ1n) is 7.80. The van der Waals surface area contributed by atoms with Gasteiger partial charge in [-0.3, -0.25) is 4.90 Å². The summed E-state index contributed by atoms with van der Waals surface area (Å²) in [5, 5.41) is 12.5. The molecule has 0 bridgehead atoms. The van der Waals surface area contributed by atoms with Crippen molar-refractivity contribution in [3.05, 3.63) is 35.9 Å². The number of anilines is 3. The zero-order valence-electron chi connectivity index (χ0n) is 14.0. The first kappa shape index (κ1) is 16.6. The highest BCUT2D eigenvalue weighted by Crippen LogP contribution is 2.36. The van der Waals surface area contributed by atoms with Crippen LogP contribution in [0.15, 0.2) is 35.3 Å². The molecule has 1 aromatic heterocycles. The van der Waals surface area contributed by atoms with Gasteiger partial charge >= 0.3 is 6.09 Å². The maximum absolute atomic E-state index is 11.3. The van der Waals surface area contributed by atoms with Crippen molar-refractivity contribution in [1.82, 2.24) is 4.98 Å². The van der Waals surface area contributed by atoms with Crippen LogP contribution in [-0.2, 0) is 0 Å². The maximum atomic E-state index is 11.3. The van der Waals surface area contributed by atoms with Crippen molar-refractivity contribution in [3.8, 4) is 5.75 Å². The van der Waals surface area contributed by atoms with Gasteiger partial charge in [0.05, 0.1) is 25.1 Å². The van der Waals surface area contributed by atoms with Crippen LogP contribution in [0, 0.1) is 0 Å². The number of aromatic nitrogens is 1. The smallest absolute Gasteiger partial charge is 0.413 e. The van der Waals surface area contributed by atoms with Crippen LogP contribution in [-0.4, -0.2) is 42.1 Å². The number of nitrogen functional groups attached to an aromatic ring is 1. The van der Waals surface area contributed by atoms with Crippen molar-refractivity contribution in [3.63, 3.8) is 0 Å². The first-order valence-corrected chi connectivity index (χ1v) is 7.80. The van der Waals surface area contributed by atoms with E-state index in [1.54, 1.807) is 20.1 Å². The van der Waals surface area contributed by atoms with Crippen molar-refractivity contribution >= 4 is 34.8 Å². The van der Waals surface area contributed by atoms with Gasteiger partial charge in [-0.25, -0.2) is 14.8 Å². The average molecular weight is 341 g/mol. The van der Waals surface area contributed by atoms with Crippen LogP contribution in [0.2, 0.25) is 0 Å². The molecular formula is C17H19N5O3. The molecule has 25 heavy (non-hydrogen) atoms. The summed E-state index contributed by atoms with van der Waals surface area (Å²) in [6.07, 6.45) is -1.08. The van der Waals surface area contributed by atoms with Crippen molar-refractivity contribution in [2.75, 3.05) is 36.1 Å². The zero-order chi connectivity index (χ0) is 18.0. The first-order chi connectivity index (χ1) is 12.0. The molecule has 0 spiro atoms. The van der Waals surface area contributed by atoms with Crippen LogP contribution in [0.3, 0.4) is 0 Å². The quantitative estimate of drug-likeness (QED) is 0.788. The average Bonchev–Trinajstić information content (AvgIpc) is 2.62. The number of carbonyl (C=O) groups is 1. The number of hydrogen-bond acceptors (Lipinski definition) is 6. The van der Waals surface area contributed by atoms with Gasteiger partial charge in [-0.1, -0.05) is 0 Å². The topological polar surface area (TPSA) is 113 Å². The molecule has 0 fully saturated rings. The molecule has 1 aromatic carbocycles. The highest BCUT2D eigenvalue weighted by atomic mass is 16.5. The molecule has 1 amide bonds. The van der Waals surface area contributed by atoms with E-state index in [0.29, 0.717) is 17.9 Å². The number of aliphatic imine (C=N–C) groups is 1. The summed E-state index contributed by atoms with van der Waals surface area (Å²) < 4.78 is 5.16. The SMILES string of the molecule is CCN(C(=O)O)c1cc2c(c(N)n1)N=C(c1ccc(OC)cc1)CN2. The molecule has 2 heterocycles. The number of nitrogens with two attached hydrogens (primary N) is 1. The van der Waals surface area contributed by atoms with Crippen LogP contribution >= 0.6 is 0 Å². The van der Waals surface area contributed by atoms with Gasteiger partial charge in [0.25, 0.3) is 0 Å². The normalized spacial score (nSPS) is 12.6. The van der Waals surface area contributed by atoms with Gasteiger partial charge < -0.3 is 20.9 Å². The van der Waals surface area contributed by atoms with Gasteiger partial charge in [-0.15, -0.1) is 0 Å². The van der Waals surface area contributed by atoms with Gasteiger partial charge in [0.2, 0.25) is 0 Å². The van der Waals surface area contributed by atoms with E-state index in [2.05, 4.69) is 15.3 Å². The number of fused-ring (bicyclic) bond motifs is 1. The lowest BCUT2D eigenvalue weighted by Crippen LogP contribution is -2.30. The summed E-state index contributed by atoms with van der Waals surface area (Å²) in [5.41, 5.74) is 8.97. The van der Waals surface area contributed by atoms with E-state index in [9.17, 15) is 9.90 Å². The molecule has 130 valence electrons. The summed E-state index contributed by atoms with van der Waals surface area (Å²) in [6.45, 7) is 2.52. The monoisotopic (exact) mass is 341 g/mol. The summed E-state index contributed by atoms with van der Waals surface area (Å²) >= 11 is 0. The Bertz CT molecular complexity index is 833. The number of benzene rings is 1. The van der Waals surface area contributed by atoms with Crippen LogP contribution < -0.4 is 20.7 Å². The number of hydrogen-bond donors (Lipinski definition) is 3. The highest BCUT2D eigenvalue weighted by Gasteiger charge is 2.21. The van der Waals surface area contributed by atoms with E-state index >= 15 is 0 Å². The molecule has 0 saturated heterocycles. The fraction of sp³-hybridized carbons (Fsp3) is 0.235. The standard InChI is InChI=1S/C17H19N5O3/c1-3-22(17(23)24)14-8-12-15(16(18)21-14)20-13(9-19-12)10-4-6-11(25-2)7-5-10/h4-8,19H,3,9H2,1-2H3,(H2,18,21)(H,23,24). The minimum absolute atomic E-state index is 0.186. The molecule has 0 saturated carbocycles. The molecule has 4 N–H and O–H groups in total. The Morgan fingerprint density at radius 1 is 1.40 bits per heavy atom. The van der Waals surface area contributed by atoms with Crippen molar-refractivity contribution in [2.24, 2.45) is 4.99 Å². The molecule has 0 radical (unpaired) electrons. The van der Waals surface area contributed by atoms with Crippen LogP contribution in [0.1, 0.15) is 12.5 Å². The lowest BCUT2D eigenvalue weighted by Gasteiger charge is -2.22. The zero-order valence-corrected chi connectivity index (χ0v) is 14.0. The van der Waals surface area contributed by atoms with E-state index in [4.69, 9.17) is 10.5 Å². The number of amides is 1. The fourth-order valence-electron chi connectivity index (χ4n) is 2.63. The van der Waals surface area contributed by atoms with Gasteiger partial charge in [0.15, 0.2) is 5.82 Å². The molecule has 0 unspecified atom stereocenters. The van der Waals surface area contributed by atoms with E-state index in [1.165, 1.54) is 0 Å². The fourth-order valence-corrected chi connectivity index (χ4v) is 2.63. The minimum atomic E-state index is -1.08.